The van der Waals surface area contributed by atoms with Gasteiger partial charge in [0.15, 0.2) is 0 Å². The van der Waals surface area contributed by atoms with Crippen molar-refractivity contribution in [2.45, 2.75) is 38.5 Å². The fourth-order valence-electron chi connectivity index (χ4n) is 3.67. The number of aliphatic hydroxyl groups excluding tert-OH is 1. The molecule has 0 radical (unpaired) electrons. The van der Waals surface area contributed by atoms with Crippen LogP contribution in [-0.4, -0.2) is 33.9 Å². The van der Waals surface area contributed by atoms with Gasteiger partial charge in [0.1, 0.15) is 5.69 Å². The highest BCUT2D eigenvalue weighted by Crippen LogP contribution is 2.38. The van der Waals surface area contributed by atoms with Crippen LogP contribution in [-0.2, 0) is 7.05 Å². The van der Waals surface area contributed by atoms with Gasteiger partial charge < -0.3 is 10.4 Å². The summed E-state index contributed by atoms with van der Waals surface area (Å²) < 4.78 is 1.69. The first kappa shape index (κ1) is 17.2. The molecule has 130 valence electrons. The van der Waals surface area contributed by atoms with E-state index in [1.54, 1.807) is 22.2 Å². The summed E-state index contributed by atoms with van der Waals surface area (Å²) in [5.41, 5.74) is 1.41. The first-order chi connectivity index (χ1) is 11.6. The molecule has 1 fully saturated rings. The summed E-state index contributed by atoms with van der Waals surface area (Å²) in [5, 5.41) is 19.0. The molecule has 5 nitrogen and oxygen atoms in total. The smallest absolute Gasteiger partial charge is 0.255 e. The zero-order valence-corrected chi connectivity index (χ0v) is 14.9. The Morgan fingerprint density at radius 2 is 2.21 bits per heavy atom. The third kappa shape index (κ3) is 3.70. The summed E-state index contributed by atoms with van der Waals surface area (Å²) in [6.45, 7) is 0.814. The molecular weight excluding hydrogens is 322 g/mol. The lowest BCUT2D eigenvalue weighted by atomic mass is 9.72. The molecule has 24 heavy (non-hydrogen) atoms. The molecule has 0 unspecified atom stereocenters. The number of hydrogen-bond acceptors (Lipinski definition) is 4. The van der Waals surface area contributed by atoms with Gasteiger partial charge in [0, 0.05) is 26.4 Å². The molecule has 1 amide bonds. The van der Waals surface area contributed by atoms with E-state index in [-0.39, 0.29) is 17.9 Å². The fourth-order valence-corrected chi connectivity index (χ4v) is 4.39. The SMILES string of the molecule is Cn1cc(C(=O)NCC2(CCO)CCCCC2)c(-c2cccs2)n1. The van der Waals surface area contributed by atoms with E-state index in [1.807, 2.05) is 24.6 Å². The van der Waals surface area contributed by atoms with E-state index in [4.69, 9.17) is 0 Å². The zero-order valence-electron chi connectivity index (χ0n) is 14.1. The topological polar surface area (TPSA) is 67.2 Å². The number of amides is 1. The number of rotatable bonds is 6. The van der Waals surface area contributed by atoms with Crippen molar-refractivity contribution >= 4 is 17.2 Å². The Balaban J connectivity index is 1.73. The lowest BCUT2D eigenvalue weighted by Crippen LogP contribution is -2.39. The molecule has 2 aromatic heterocycles. The molecule has 0 aliphatic heterocycles. The summed E-state index contributed by atoms with van der Waals surface area (Å²) in [6.07, 6.45) is 8.33. The highest BCUT2D eigenvalue weighted by molar-refractivity contribution is 7.13. The number of aliphatic hydroxyl groups is 1. The third-order valence-corrected chi connectivity index (χ3v) is 5.88. The average molecular weight is 347 g/mol. The predicted molar refractivity (Wildman–Crippen MR) is 96.1 cm³/mol. The van der Waals surface area contributed by atoms with Gasteiger partial charge in [0.05, 0.1) is 10.4 Å². The second-order valence-electron chi connectivity index (χ2n) is 6.76. The lowest BCUT2D eigenvalue weighted by Gasteiger charge is -2.37. The number of thiophene rings is 1. The van der Waals surface area contributed by atoms with Crippen LogP contribution >= 0.6 is 11.3 Å². The van der Waals surface area contributed by atoms with Crippen molar-refractivity contribution in [1.82, 2.24) is 15.1 Å². The molecule has 0 spiro atoms. The summed E-state index contributed by atoms with van der Waals surface area (Å²) in [4.78, 5) is 13.7. The molecule has 0 saturated heterocycles. The van der Waals surface area contributed by atoms with Crippen molar-refractivity contribution in [3.8, 4) is 10.6 Å². The number of carbonyl (C=O) groups is 1. The molecule has 1 saturated carbocycles. The molecule has 1 aliphatic carbocycles. The van der Waals surface area contributed by atoms with Crippen LogP contribution in [0.5, 0.6) is 0 Å². The number of carbonyl (C=O) groups excluding carboxylic acids is 1. The van der Waals surface area contributed by atoms with Gasteiger partial charge in [-0.2, -0.15) is 5.10 Å². The number of aryl methyl sites for hydroxylation is 1. The molecule has 0 bridgehead atoms. The van der Waals surface area contributed by atoms with Crippen molar-refractivity contribution in [2.75, 3.05) is 13.2 Å². The second-order valence-corrected chi connectivity index (χ2v) is 7.71. The van der Waals surface area contributed by atoms with Gasteiger partial charge in [-0.3, -0.25) is 9.48 Å². The van der Waals surface area contributed by atoms with Gasteiger partial charge in [0.2, 0.25) is 0 Å². The summed E-state index contributed by atoms with van der Waals surface area (Å²) in [5.74, 6) is -0.0746. The maximum Gasteiger partial charge on any atom is 0.255 e. The van der Waals surface area contributed by atoms with Crippen LogP contribution in [0, 0.1) is 5.41 Å². The van der Waals surface area contributed by atoms with Crippen LogP contribution in [0.4, 0.5) is 0 Å². The van der Waals surface area contributed by atoms with E-state index in [1.165, 1.54) is 19.3 Å². The molecule has 3 rings (SSSR count). The Morgan fingerprint density at radius 3 is 2.88 bits per heavy atom. The Bertz CT molecular complexity index is 667. The number of aromatic nitrogens is 2. The first-order valence-corrected chi connectivity index (χ1v) is 9.48. The molecule has 2 heterocycles. The summed E-state index contributed by atoms with van der Waals surface area (Å²) >= 11 is 1.59. The van der Waals surface area contributed by atoms with Crippen LogP contribution < -0.4 is 5.32 Å². The van der Waals surface area contributed by atoms with Crippen molar-refractivity contribution in [3.05, 3.63) is 29.3 Å². The summed E-state index contributed by atoms with van der Waals surface area (Å²) in [7, 11) is 1.84. The minimum atomic E-state index is -0.0746. The zero-order chi connectivity index (χ0) is 17.0. The van der Waals surface area contributed by atoms with Crippen molar-refractivity contribution in [1.29, 1.82) is 0 Å². The minimum absolute atomic E-state index is 0.0496. The van der Waals surface area contributed by atoms with E-state index in [9.17, 15) is 9.90 Å². The Hall–Kier alpha value is -1.66. The lowest BCUT2D eigenvalue weighted by molar-refractivity contribution is 0.0869. The highest BCUT2D eigenvalue weighted by atomic mass is 32.1. The normalized spacial score (nSPS) is 16.9. The first-order valence-electron chi connectivity index (χ1n) is 8.60. The Morgan fingerprint density at radius 1 is 1.42 bits per heavy atom. The van der Waals surface area contributed by atoms with E-state index in [2.05, 4.69) is 10.4 Å². The largest absolute Gasteiger partial charge is 0.396 e. The van der Waals surface area contributed by atoms with Gasteiger partial charge in [-0.15, -0.1) is 11.3 Å². The molecule has 0 aromatic carbocycles. The van der Waals surface area contributed by atoms with Crippen LogP contribution in [0.2, 0.25) is 0 Å². The van der Waals surface area contributed by atoms with Crippen LogP contribution in [0.15, 0.2) is 23.7 Å². The van der Waals surface area contributed by atoms with Crippen molar-refractivity contribution in [2.24, 2.45) is 12.5 Å². The molecule has 2 N–H and O–H groups in total. The van der Waals surface area contributed by atoms with Crippen molar-refractivity contribution < 1.29 is 9.90 Å². The molecule has 6 heteroatoms. The van der Waals surface area contributed by atoms with Gasteiger partial charge in [0.25, 0.3) is 5.91 Å². The van der Waals surface area contributed by atoms with Gasteiger partial charge in [-0.25, -0.2) is 0 Å². The predicted octanol–water partition coefficient (Wildman–Crippen LogP) is 3.21. The fraction of sp³-hybridized carbons (Fsp3) is 0.556. The van der Waals surface area contributed by atoms with Crippen LogP contribution in [0.25, 0.3) is 10.6 Å². The molecule has 1 aliphatic rings. The maximum atomic E-state index is 12.7. The summed E-state index contributed by atoms with van der Waals surface area (Å²) in [6, 6.07) is 3.95. The quantitative estimate of drug-likeness (QED) is 0.843. The minimum Gasteiger partial charge on any atom is -0.396 e. The number of nitrogens with zero attached hydrogens (tertiary/aromatic N) is 2. The highest BCUT2D eigenvalue weighted by Gasteiger charge is 2.32. The molecule has 0 atom stereocenters. The van der Waals surface area contributed by atoms with E-state index >= 15 is 0 Å². The van der Waals surface area contributed by atoms with E-state index < -0.39 is 0 Å². The third-order valence-electron chi connectivity index (χ3n) is 5.01. The standard InChI is InChI=1S/C18H25N3O2S/c1-21-12-14(16(20-21)15-6-5-11-24-15)17(23)19-13-18(9-10-22)7-3-2-4-8-18/h5-6,11-12,22H,2-4,7-10,13H2,1H3,(H,19,23). The average Bonchev–Trinajstić information content (AvgIpc) is 3.23. The van der Waals surface area contributed by atoms with Crippen LogP contribution in [0.1, 0.15) is 48.9 Å². The number of hydrogen-bond donors (Lipinski definition) is 2. The Kier molecular flexibility index (Phi) is 5.36. The van der Waals surface area contributed by atoms with E-state index in [0.29, 0.717) is 12.1 Å². The van der Waals surface area contributed by atoms with Gasteiger partial charge in [-0.1, -0.05) is 25.3 Å². The van der Waals surface area contributed by atoms with Gasteiger partial charge in [-0.05, 0) is 36.1 Å². The monoisotopic (exact) mass is 347 g/mol. The van der Waals surface area contributed by atoms with Gasteiger partial charge >= 0.3 is 0 Å². The van der Waals surface area contributed by atoms with E-state index in [0.717, 1.165) is 29.8 Å². The molecule has 2 aromatic rings. The van der Waals surface area contributed by atoms with Crippen LogP contribution in [0.3, 0.4) is 0 Å². The molecular formula is C18H25N3O2S. The van der Waals surface area contributed by atoms with Crippen molar-refractivity contribution in [3.63, 3.8) is 0 Å². The second kappa shape index (κ2) is 7.49. The number of nitrogens with one attached hydrogen (secondary N) is 1. The Labute approximate surface area is 146 Å². The maximum absolute atomic E-state index is 12.7.